The lowest BCUT2D eigenvalue weighted by molar-refractivity contribution is -0.120. The summed E-state index contributed by atoms with van der Waals surface area (Å²) in [5.74, 6) is -0.0430. The first-order chi connectivity index (χ1) is 9.78. The van der Waals surface area contributed by atoms with E-state index in [0.29, 0.717) is 13.2 Å². The van der Waals surface area contributed by atoms with Crippen LogP contribution in [0.25, 0.3) is 0 Å². The molecular formula is C14H17N3O2S. The third-order valence-electron chi connectivity index (χ3n) is 2.55. The molecule has 1 aromatic heterocycles. The largest absolute Gasteiger partial charge is 0.383 e. The number of ether oxygens (including phenoxy) is 1. The summed E-state index contributed by atoms with van der Waals surface area (Å²) in [6, 6.07) is 9.82. The molecule has 0 bridgehead atoms. The second-order valence-electron chi connectivity index (χ2n) is 4.15. The van der Waals surface area contributed by atoms with Crippen molar-refractivity contribution in [1.29, 1.82) is 0 Å². The van der Waals surface area contributed by atoms with Gasteiger partial charge in [-0.3, -0.25) is 4.79 Å². The Balaban J connectivity index is 1.84. The Morgan fingerprint density at radius 1 is 1.35 bits per heavy atom. The van der Waals surface area contributed by atoms with Gasteiger partial charge in [0.1, 0.15) is 0 Å². The van der Waals surface area contributed by atoms with Crippen LogP contribution in [0.3, 0.4) is 0 Å². The summed E-state index contributed by atoms with van der Waals surface area (Å²) in [4.78, 5) is 16.0. The molecule has 0 saturated carbocycles. The first-order valence-corrected chi connectivity index (χ1v) is 7.18. The van der Waals surface area contributed by atoms with E-state index >= 15 is 0 Å². The molecule has 6 heteroatoms. The fraction of sp³-hybridized carbons (Fsp3) is 0.286. The Morgan fingerprint density at radius 2 is 2.15 bits per heavy atom. The Morgan fingerprint density at radius 3 is 2.90 bits per heavy atom. The first kappa shape index (κ1) is 14.5. The molecule has 2 aromatic rings. The van der Waals surface area contributed by atoms with E-state index in [1.54, 1.807) is 7.11 Å². The fourth-order valence-electron chi connectivity index (χ4n) is 1.61. The molecule has 1 aromatic carbocycles. The van der Waals surface area contributed by atoms with Crippen molar-refractivity contribution in [1.82, 2.24) is 10.3 Å². The van der Waals surface area contributed by atoms with Gasteiger partial charge in [0.15, 0.2) is 5.13 Å². The van der Waals surface area contributed by atoms with Crippen molar-refractivity contribution in [2.45, 2.75) is 6.42 Å². The molecule has 5 nitrogen and oxygen atoms in total. The summed E-state index contributed by atoms with van der Waals surface area (Å²) in [5, 5.41) is 8.65. The molecule has 0 fully saturated rings. The number of methoxy groups -OCH3 is 1. The standard InChI is InChI=1S/C14H17N3O2S/c1-19-8-7-15-13(18)9-12-10-20-14(17-12)16-11-5-3-2-4-6-11/h2-6,10H,7-9H2,1H3,(H,15,18)(H,16,17). The number of nitrogens with zero attached hydrogens (tertiary/aromatic N) is 1. The van der Waals surface area contributed by atoms with Crippen LogP contribution in [0.15, 0.2) is 35.7 Å². The molecule has 0 aliphatic rings. The Bertz CT molecular complexity index is 542. The molecule has 2 rings (SSSR count). The van der Waals surface area contributed by atoms with Crippen molar-refractivity contribution in [3.8, 4) is 0 Å². The number of nitrogens with one attached hydrogen (secondary N) is 2. The van der Waals surface area contributed by atoms with Crippen LogP contribution < -0.4 is 10.6 Å². The SMILES string of the molecule is COCCNC(=O)Cc1csc(Nc2ccccc2)n1. The topological polar surface area (TPSA) is 63.2 Å². The number of aromatic nitrogens is 1. The second kappa shape index (κ2) is 7.62. The van der Waals surface area contributed by atoms with Gasteiger partial charge in [0.25, 0.3) is 0 Å². The zero-order chi connectivity index (χ0) is 14.2. The summed E-state index contributed by atoms with van der Waals surface area (Å²) < 4.78 is 4.87. The Kier molecular flexibility index (Phi) is 5.52. The lowest BCUT2D eigenvalue weighted by Crippen LogP contribution is -2.28. The summed E-state index contributed by atoms with van der Waals surface area (Å²) in [6.45, 7) is 1.04. The molecule has 106 valence electrons. The monoisotopic (exact) mass is 291 g/mol. The molecule has 0 spiro atoms. The number of hydrogen-bond donors (Lipinski definition) is 2. The maximum Gasteiger partial charge on any atom is 0.226 e. The minimum atomic E-state index is -0.0430. The third-order valence-corrected chi connectivity index (χ3v) is 3.35. The van der Waals surface area contributed by atoms with Gasteiger partial charge in [-0.25, -0.2) is 4.98 Å². The van der Waals surface area contributed by atoms with Crippen LogP contribution in [0, 0.1) is 0 Å². The summed E-state index contributed by atoms with van der Waals surface area (Å²) >= 11 is 1.49. The van der Waals surface area contributed by atoms with E-state index in [2.05, 4.69) is 15.6 Å². The van der Waals surface area contributed by atoms with Crippen LogP contribution in [0.2, 0.25) is 0 Å². The smallest absolute Gasteiger partial charge is 0.226 e. The highest BCUT2D eigenvalue weighted by molar-refractivity contribution is 7.13. The quantitative estimate of drug-likeness (QED) is 0.768. The minimum Gasteiger partial charge on any atom is -0.383 e. The molecular weight excluding hydrogens is 274 g/mol. The zero-order valence-electron chi connectivity index (χ0n) is 11.3. The highest BCUT2D eigenvalue weighted by Crippen LogP contribution is 2.20. The Labute approximate surface area is 122 Å². The van der Waals surface area contributed by atoms with Crippen LogP contribution in [0.4, 0.5) is 10.8 Å². The van der Waals surface area contributed by atoms with Gasteiger partial charge in [0, 0.05) is 24.7 Å². The van der Waals surface area contributed by atoms with E-state index in [-0.39, 0.29) is 12.3 Å². The summed E-state index contributed by atoms with van der Waals surface area (Å²) in [6.07, 6.45) is 0.288. The van der Waals surface area contributed by atoms with Crippen LogP contribution >= 0.6 is 11.3 Å². The first-order valence-electron chi connectivity index (χ1n) is 6.30. The third kappa shape index (κ3) is 4.64. The van der Waals surface area contributed by atoms with Crippen molar-refractivity contribution in [2.75, 3.05) is 25.6 Å². The molecule has 0 unspecified atom stereocenters. The minimum absolute atomic E-state index is 0.0430. The van der Waals surface area contributed by atoms with Crippen molar-refractivity contribution in [3.05, 3.63) is 41.4 Å². The predicted octanol–water partition coefficient (Wildman–Crippen LogP) is 2.19. The number of thiazole rings is 1. The van der Waals surface area contributed by atoms with E-state index in [4.69, 9.17) is 4.74 Å². The molecule has 20 heavy (non-hydrogen) atoms. The van der Waals surface area contributed by atoms with Crippen LogP contribution in [0.5, 0.6) is 0 Å². The average molecular weight is 291 g/mol. The Hall–Kier alpha value is -1.92. The van der Waals surface area contributed by atoms with E-state index in [0.717, 1.165) is 16.5 Å². The molecule has 0 radical (unpaired) electrons. The highest BCUT2D eigenvalue weighted by Gasteiger charge is 2.07. The van der Waals surface area contributed by atoms with E-state index < -0.39 is 0 Å². The molecule has 2 N–H and O–H groups in total. The number of rotatable bonds is 7. The predicted molar refractivity (Wildman–Crippen MR) is 80.4 cm³/mol. The van der Waals surface area contributed by atoms with Gasteiger partial charge < -0.3 is 15.4 Å². The summed E-state index contributed by atoms with van der Waals surface area (Å²) in [7, 11) is 1.61. The number of hydrogen-bond acceptors (Lipinski definition) is 5. The maximum absolute atomic E-state index is 11.6. The molecule has 0 aliphatic carbocycles. The number of anilines is 2. The van der Waals surface area contributed by atoms with Gasteiger partial charge in [-0.2, -0.15) is 0 Å². The molecule has 0 aliphatic heterocycles. The normalized spacial score (nSPS) is 10.2. The highest BCUT2D eigenvalue weighted by atomic mass is 32.1. The van der Waals surface area contributed by atoms with Crippen molar-refractivity contribution < 1.29 is 9.53 Å². The second-order valence-corrected chi connectivity index (χ2v) is 5.01. The zero-order valence-corrected chi connectivity index (χ0v) is 12.1. The maximum atomic E-state index is 11.6. The van der Waals surface area contributed by atoms with Crippen molar-refractivity contribution in [3.63, 3.8) is 0 Å². The van der Waals surface area contributed by atoms with Gasteiger partial charge in [-0.05, 0) is 12.1 Å². The number of carbonyl (C=O) groups is 1. The van der Waals surface area contributed by atoms with Gasteiger partial charge in [-0.1, -0.05) is 18.2 Å². The molecule has 1 amide bonds. The van der Waals surface area contributed by atoms with Crippen molar-refractivity contribution >= 4 is 28.1 Å². The van der Waals surface area contributed by atoms with Crippen molar-refractivity contribution in [2.24, 2.45) is 0 Å². The molecule has 1 heterocycles. The van der Waals surface area contributed by atoms with Gasteiger partial charge in [0.05, 0.1) is 18.7 Å². The van der Waals surface area contributed by atoms with Gasteiger partial charge in [0.2, 0.25) is 5.91 Å². The summed E-state index contributed by atoms with van der Waals surface area (Å²) in [5.41, 5.74) is 1.75. The van der Waals surface area contributed by atoms with Gasteiger partial charge >= 0.3 is 0 Å². The van der Waals surface area contributed by atoms with E-state index in [1.807, 2.05) is 35.7 Å². The number of para-hydroxylation sites is 1. The number of amides is 1. The van der Waals surface area contributed by atoms with Crippen LogP contribution in [-0.4, -0.2) is 31.2 Å². The van der Waals surface area contributed by atoms with Crippen LogP contribution in [0.1, 0.15) is 5.69 Å². The van der Waals surface area contributed by atoms with Crippen LogP contribution in [-0.2, 0) is 16.0 Å². The van der Waals surface area contributed by atoms with Gasteiger partial charge in [-0.15, -0.1) is 11.3 Å². The average Bonchev–Trinajstić information content (AvgIpc) is 2.87. The lowest BCUT2D eigenvalue weighted by Gasteiger charge is -2.02. The fourth-order valence-corrected chi connectivity index (χ4v) is 2.34. The van der Waals surface area contributed by atoms with E-state index in [9.17, 15) is 4.79 Å². The number of benzene rings is 1. The van der Waals surface area contributed by atoms with E-state index in [1.165, 1.54) is 11.3 Å². The number of carbonyl (C=O) groups excluding carboxylic acids is 1. The molecule has 0 saturated heterocycles. The lowest BCUT2D eigenvalue weighted by atomic mass is 10.3. The molecule has 0 atom stereocenters.